The van der Waals surface area contributed by atoms with Gasteiger partial charge in [0, 0.05) is 18.9 Å². The molecule has 0 spiro atoms. The SMILES string of the molecule is NC1c2ccccc2CC1OCC1CCOC1. The van der Waals surface area contributed by atoms with Gasteiger partial charge in [-0.05, 0) is 17.5 Å². The molecule has 2 aliphatic rings. The number of nitrogens with two attached hydrogens (primary N) is 1. The van der Waals surface area contributed by atoms with E-state index < -0.39 is 0 Å². The Morgan fingerprint density at radius 1 is 1.35 bits per heavy atom. The summed E-state index contributed by atoms with van der Waals surface area (Å²) in [4.78, 5) is 0. The molecule has 1 saturated heterocycles. The average molecular weight is 233 g/mol. The molecule has 92 valence electrons. The van der Waals surface area contributed by atoms with Gasteiger partial charge in [-0.15, -0.1) is 0 Å². The molecule has 0 bridgehead atoms. The summed E-state index contributed by atoms with van der Waals surface area (Å²) in [6.07, 6.45) is 2.22. The maximum atomic E-state index is 6.22. The summed E-state index contributed by atoms with van der Waals surface area (Å²) in [6.45, 7) is 2.51. The molecule has 1 heterocycles. The third kappa shape index (κ3) is 2.23. The van der Waals surface area contributed by atoms with E-state index in [0.717, 1.165) is 32.7 Å². The average Bonchev–Trinajstić information content (AvgIpc) is 2.96. The molecule has 0 saturated carbocycles. The van der Waals surface area contributed by atoms with Crippen LogP contribution in [0.4, 0.5) is 0 Å². The third-order valence-corrected chi connectivity index (χ3v) is 3.81. The fourth-order valence-electron chi connectivity index (χ4n) is 2.73. The Hall–Kier alpha value is -0.900. The lowest BCUT2D eigenvalue weighted by Gasteiger charge is -2.19. The van der Waals surface area contributed by atoms with Crippen LogP contribution >= 0.6 is 0 Å². The van der Waals surface area contributed by atoms with E-state index in [0.29, 0.717) is 5.92 Å². The highest BCUT2D eigenvalue weighted by atomic mass is 16.5. The van der Waals surface area contributed by atoms with E-state index in [1.54, 1.807) is 0 Å². The minimum Gasteiger partial charge on any atom is -0.381 e. The zero-order valence-corrected chi connectivity index (χ0v) is 9.97. The van der Waals surface area contributed by atoms with Crippen molar-refractivity contribution in [3.05, 3.63) is 35.4 Å². The van der Waals surface area contributed by atoms with Gasteiger partial charge in [-0.25, -0.2) is 0 Å². The minimum absolute atomic E-state index is 0.0357. The summed E-state index contributed by atoms with van der Waals surface area (Å²) in [5.41, 5.74) is 8.81. The Kier molecular flexibility index (Phi) is 3.14. The molecule has 3 atom stereocenters. The molecule has 1 aliphatic heterocycles. The van der Waals surface area contributed by atoms with E-state index in [2.05, 4.69) is 18.2 Å². The molecule has 0 radical (unpaired) electrons. The Morgan fingerprint density at radius 2 is 2.24 bits per heavy atom. The van der Waals surface area contributed by atoms with Gasteiger partial charge >= 0.3 is 0 Å². The minimum atomic E-state index is 0.0357. The van der Waals surface area contributed by atoms with Crippen molar-refractivity contribution in [3.63, 3.8) is 0 Å². The molecule has 17 heavy (non-hydrogen) atoms. The Balaban J connectivity index is 1.59. The van der Waals surface area contributed by atoms with Crippen molar-refractivity contribution in [2.24, 2.45) is 11.7 Å². The molecule has 3 nitrogen and oxygen atoms in total. The monoisotopic (exact) mass is 233 g/mol. The van der Waals surface area contributed by atoms with Crippen LogP contribution < -0.4 is 5.73 Å². The van der Waals surface area contributed by atoms with E-state index in [4.69, 9.17) is 15.2 Å². The first-order valence-corrected chi connectivity index (χ1v) is 6.37. The number of ether oxygens (including phenoxy) is 2. The van der Waals surface area contributed by atoms with Crippen LogP contribution in [0.1, 0.15) is 23.6 Å². The van der Waals surface area contributed by atoms with Crippen LogP contribution in [0.25, 0.3) is 0 Å². The number of hydrogen-bond donors (Lipinski definition) is 1. The molecule has 3 unspecified atom stereocenters. The van der Waals surface area contributed by atoms with Crippen molar-refractivity contribution in [1.82, 2.24) is 0 Å². The lowest BCUT2D eigenvalue weighted by atomic mass is 10.1. The third-order valence-electron chi connectivity index (χ3n) is 3.81. The van der Waals surface area contributed by atoms with Gasteiger partial charge in [-0.1, -0.05) is 24.3 Å². The normalized spacial score (nSPS) is 31.7. The van der Waals surface area contributed by atoms with Gasteiger partial charge in [-0.2, -0.15) is 0 Å². The fourth-order valence-corrected chi connectivity index (χ4v) is 2.73. The smallest absolute Gasteiger partial charge is 0.0808 e. The van der Waals surface area contributed by atoms with Crippen molar-refractivity contribution >= 4 is 0 Å². The van der Waals surface area contributed by atoms with E-state index in [1.165, 1.54) is 11.1 Å². The fraction of sp³-hybridized carbons (Fsp3) is 0.571. The molecule has 1 aromatic carbocycles. The van der Waals surface area contributed by atoms with Crippen LogP contribution in [-0.2, 0) is 15.9 Å². The molecule has 0 amide bonds. The van der Waals surface area contributed by atoms with Crippen molar-refractivity contribution in [3.8, 4) is 0 Å². The summed E-state index contributed by atoms with van der Waals surface area (Å²) in [5, 5.41) is 0. The first-order chi connectivity index (χ1) is 8.34. The van der Waals surface area contributed by atoms with Crippen LogP contribution in [0.3, 0.4) is 0 Å². The summed E-state index contributed by atoms with van der Waals surface area (Å²) >= 11 is 0. The Bertz CT molecular complexity index is 388. The quantitative estimate of drug-likeness (QED) is 0.863. The van der Waals surface area contributed by atoms with Crippen LogP contribution in [-0.4, -0.2) is 25.9 Å². The number of hydrogen-bond acceptors (Lipinski definition) is 3. The highest BCUT2D eigenvalue weighted by Gasteiger charge is 2.30. The molecule has 3 heteroatoms. The zero-order chi connectivity index (χ0) is 11.7. The van der Waals surface area contributed by atoms with Crippen molar-refractivity contribution in [2.45, 2.75) is 25.0 Å². The van der Waals surface area contributed by atoms with Crippen LogP contribution in [0.2, 0.25) is 0 Å². The van der Waals surface area contributed by atoms with Gasteiger partial charge in [-0.3, -0.25) is 0 Å². The van der Waals surface area contributed by atoms with Crippen LogP contribution in [0.15, 0.2) is 24.3 Å². The van der Waals surface area contributed by atoms with Crippen LogP contribution in [0, 0.1) is 5.92 Å². The van der Waals surface area contributed by atoms with Gasteiger partial charge < -0.3 is 15.2 Å². The number of fused-ring (bicyclic) bond motifs is 1. The Morgan fingerprint density at radius 3 is 3.00 bits per heavy atom. The lowest BCUT2D eigenvalue weighted by Crippen LogP contribution is -2.27. The maximum Gasteiger partial charge on any atom is 0.0808 e. The van der Waals surface area contributed by atoms with Crippen molar-refractivity contribution in [2.75, 3.05) is 19.8 Å². The van der Waals surface area contributed by atoms with Gasteiger partial charge in [0.05, 0.1) is 25.4 Å². The standard InChI is InChI=1S/C14H19NO2/c15-14-12-4-2-1-3-11(12)7-13(14)17-9-10-5-6-16-8-10/h1-4,10,13-14H,5-9,15H2. The van der Waals surface area contributed by atoms with Gasteiger partial charge in [0.1, 0.15) is 0 Å². The summed E-state index contributed by atoms with van der Waals surface area (Å²) in [5.74, 6) is 0.561. The molecule has 3 rings (SSSR count). The topological polar surface area (TPSA) is 44.5 Å². The second-order valence-corrected chi connectivity index (χ2v) is 5.03. The largest absolute Gasteiger partial charge is 0.381 e. The summed E-state index contributed by atoms with van der Waals surface area (Å²) in [7, 11) is 0. The number of benzene rings is 1. The first kappa shape index (κ1) is 11.2. The molecule has 1 fully saturated rings. The van der Waals surface area contributed by atoms with Gasteiger partial charge in [0.15, 0.2) is 0 Å². The van der Waals surface area contributed by atoms with Crippen molar-refractivity contribution < 1.29 is 9.47 Å². The van der Waals surface area contributed by atoms with Gasteiger partial charge in [0.2, 0.25) is 0 Å². The predicted molar refractivity (Wildman–Crippen MR) is 65.7 cm³/mol. The highest BCUT2D eigenvalue weighted by molar-refractivity contribution is 5.36. The summed E-state index contributed by atoms with van der Waals surface area (Å²) < 4.78 is 11.3. The zero-order valence-electron chi connectivity index (χ0n) is 9.97. The molecule has 1 aliphatic carbocycles. The second-order valence-electron chi connectivity index (χ2n) is 5.03. The molecular formula is C14H19NO2. The predicted octanol–water partition coefficient (Wildman–Crippen LogP) is 1.66. The number of rotatable bonds is 3. The molecule has 0 aromatic heterocycles. The lowest BCUT2D eigenvalue weighted by molar-refractivity contribution is 0.0183. The van der Waals surface area contributed by atoms with E-state index in [1.807, 2.05) is 6.07 Å². The van der Waals surface area contributed by atoms with E-state index >= 15 is 0 Å². The molecule has 1 aromatic rings. The highest BCUT2D eigenvalue weighted by Crippen LogP contribution is 2.31. The molecular weight excluding hydrogens is 214 g/mol. The van der Waals surface area contributed by atoms with E-state index in [-0.39, 0.29) is 12.1 Å². The Labute approximate surface area is 102 Å². The first-order valence-electron chi connectivity index (χ1n) is 6.37. The van der Waals surface area contributed by atoms with E-state index in [9.17, 15) is 0 Å². The van der Waals surface area contributed by atoms with Crippen molar-refractivity contribution in [1.29, 1.82) is 0 Å². The van der Waals surface area contributed by atoms with Gasteiger partial charge in [0.25, 0.3) is 0 Å². The second kappa shape index (κ2) is 4.77. The molecule has 2 N–H and O–H groups in total. The maximum absolute atomic E-state index is 6.22. The summed E-state index contributed by atoms with van der Waals surface area (Å²) in [6, 6.07) is 8.41. The van der Waals surface area contributed by atoms with Crippen LogP contribution in [0.5, 0.6) is 0 Å².